The second-order valence-electron chi connectivity index (χ2n) is 4.37. The summed E-state index contributed by atoms with van der Waals surface area (Å²) in [6.07, 6.45) is 0.439. The van der Waals surface area contributed by atoms with Gasteiger partial charge in [-0.1, -0.05) is 0 Å². The minimum Gasteiger partial charge on any atom is -0.478 e. The summed E-state index contributed by atoms with van der Waals surface area (Å²) in [5, 5.41) is 11.2. The summed E-state index contributed by atoms with van der Waals surface area (Å²) in [6.45, 7) is 0.507. The van der Waals surface area contributed by atoms with Crippen LogP contribution in [0.25, 0.3) is 0 Å². The molecule has 1 heterocycles. The monoisotopic (exact) mass is 270 g/mol. The van der Waals surface area contributed by atoms with Gasteiger partial charge in [0.1, 0.15) is 23.4 Å². The zero-order chi connectivity index (χ0) is 14.2. The van der Waals surface area contributed by atoms with Gasteiger partial charge in [-0.3, -0.25) is 4.79 Å². The smallest absolute Gasteiger partial charge is 0.335 e. The Balaban J connectivity index is 2.26. The van der Waals surface area contributed by atoms with Crippen molar-refractivity contribution in [1.82, 2.24) is 4.90 Å². The number of carboxylic acid groups (broad SMARTS) is 1. The van der Waals surface area contributed by atoms with Crippen molar-refractivity contribution >= 4 is 17.6 Å². The van der Waals surface area contributed by atoms with Gasteiger partial charge in [-0.15, -0.1) is 0 Å². The third-order valence-corrected chi connectivity index (χ3v) is 3.04. The number of halogens is 2. The molecule has 1 aliphatic rings. The average molecular weight is 270 g/mol. The summed E-state index contributed by atoms with van der Waals surface area (Å²) in [7, 11) is 1.60. The van der Waals surface area contributed by atoms with Crippen LogP contribution < -0.4 is 5.32 Å². The summed E-state index contributed by atoms with van der Waals surface area (Å²) < 4.78 is 27.3. The number of carbonyl (C=O) groups is 2. The number of nitrogens with zero attached hydrogens (tertiary/aromatic N) is 1. The first-order valence-corrected chi connectivity index (χ1v) is 5.64. The van der Waals surface area contributed by atoms with Crippen molar-refractivity contribution < 1.29 is 23.5 Å². The first kappa shape index (κ1) is 13.3. The van der Waals surface area contributed by atoms with Crippen LogP contribution in [0.2, 0.25) is 0 Å². The first-order valence-electron chi connectivity index (χ1n) is 5.64. The molecule has 2 rings (SSSR count). The van der Waals surface area contributed by atoms with Crippen LogP contribution >= 0.6 is 0 Å². The largest absolute Gasteiger partial charge is 0.478 e. The lowest BCUT2D eigenvalue weighted by Crippen LogP contribution is -2.31. The van der Waals surface area contributed by atoms with Crippen molar-refractivity contribution in [2.75, 3.05) is 18.9 Å². The summed E-state index contributed by atoms with van der Waals surface area (Å²) >= 11 is 0. The first-order chi connectivity index (χ1) is 8.90. The Kier molecular flexibility index (Phi) is 3.37. The van der Waals surface area contributed by atoms with Crippen LogP contribution in [0.15, 0.2) is 12.1 Å². The highest BCUT2D eigenvalue weighted by Gasteiger charge is 2.30. The molecule has 5 nitrogen and oxygen atoms in total. The van der Waals surface area contributed by atoms with Crippen LogP contribution in [-0.2, 0) is 4.79 Å². The number of carboxylic acids is 1. The Morgan fingerprint density at radius 2 is 2.00 bits per heavy atom. The molecule has 1 aliphatic heterocycles. The molecule has 1 unspecified atom stereocenters. The van der Waals surface area contributed by atoms with E-state index in [1.165, 1.54) is 4.90 Å². The van der Waals surface area contributed by atoms with E-state index in [0.717, 1.165) is 12.1 Å². The fourth-order valence-electron chi connectivity index (χ4n) is 1.97. The highest BCUT2D eigenvalue weighted by molar-refractivity contribution is 5.89. The number of hydrogen-bond acceptors (Lipinski definition) is 3. The summed E-state index contributed by atoms with van der Waals surface area (Å²) in [6, 6.07) is 0.748. The summed E-state index contributed by atoms with van der Waals surface area (Å²) in [4.78, 5) is 23.7. The standard InChI is InChI=1S/C12H12F2N2O3/c1-16-3-2-9(11(16)17)15-10-7(13)4-6(12(18)19)5-8(10)14/h4-5,9,15H,2-3H2,1H3,(H,18,19). The molecule has 1 amide bonds. The van der Waals surface area contributed by atoms with E-state index in [2.05, 4.69) is 5.32 Å². The van der Waals surface area contributed by atoms with E-state index >= 15 is 0 Å². The Bertz CT molecular complexity index is 525. The molecule has 0 saturated carbocycles. The average Bonchev–Trinajstić information content (AvgIpc) is 2.65. The van der Waals surface area contributed by atoms with Crippen molar-refractivity contribution in [1.29, 1.82) is 0 Å². The minimum atomic E-state index is -1.42. The molecule has 19 heavy (non-hydrogen) atoms. The number of likely N-dealkylation sites (N-methyl/N-ethyl adjacent to an activating group) is 1. The topological polar surface area (TPSA) is 69.6 Å². The summed E-state index contributed by atoms with van der Waals surface area (Å²) in [5.74, 6) is -3.72. The van der Waals surface area contributed by atoms with E-state index < -0.39 is 34.9 Å². The van der Waals surface area contributed by atoms with Crippen LogP contribution in [0.1, 0.15) is 16.8 Å². The summed E-state index contributed by atoms with van der Waals surface area (Å²) in [5.41, 5.74) is -0.950. The number of hydrogen-bond donors (Lipinski definition) is 2. The number of likely N-dealkylation sites (tertiary alicyclic amines) is 1. The second kappa shape index (κ2) is 4.83. The molecule has 0 aliphatic carbocycles. The number of aromatic carboxylic acids is 1. The lowest BCUT2D eigenvalue weighted by molar-refractivity contribution is -0.127. The van der Waals surface area contributed by atoms with Gasteiger partial charge in [-0.2, -0.15) is 0 Å². The Hall–Kier alpha value is -2.18. The highest BCUT2D eigenvalue weighted by atomic mass is 19.1. The van der Waals surface area contributed by atoms with Gasteiger partial charge in [0.15, 0.2) is 0 Å². The van der Waals surface area contributed by atoms with Crippen molar-refractivity contribution in [2.24, 2.45) is 0 Å². The molecule has 0 radical (unpaired) electrons. The van der Waals surface area contributed by atoms with E-state index in [-0.39, 0.29) is 5.91 Å². The predicted molar refractivity (Wildman–Crippen MR) is 63.0 cm³/mol. The molecule has 1 fully saturated rings. The van der Waals surface area contributed by atoms with Gasteiger partial charge >= 0.3 is 5.97 Å². The minimum absolute atomic E-state index is 0.249. The van der Waals surface area contributed by atoms with Gasteiger partial charge < -0.3 is 15.3 Å². The number of nitrogens with one attached hydrogen (secondary N) is 1. The molecule has 2 N–H and O–H groups in total. The van der Waals surface area contributed by atoms with Gasteiger partial charge in [0.2, 0.25) is 5.91 Å². The SMILES string of the molecule is CN1CCC(Nc2c(F)cc(C(=O)O)cc2F)C1=O. The van der Waals surface area contributed by atoms with Gasteiger partial charge in [0, 0.05) is 13.6 Å². The van der Waals surface area contributed by atoms with Crippen LogP contribution in [0.5, 0.6) is 0 Å². The van der Waals surface area contributed by atoms with Crippen molar-refractivity contribution in [3.63, 3.8) is 0 Å². The molecule has 1 aromatic rings. The van der Waals surface area contributed by atoms with E-state index in [9.17, 15) is 18.4 Å². The van der Waals surface area contributed by atoms with Gasteiger partial charge in [0.05, 0.1) is 5.56 Å². The zero-order valence-electron chi connectivity index (χ0n) is 10.1. The molecule has 1 saturated heterocycles. The quantitative estimate of drug-likeness (QED) is 0.868. The fourth-order valence-corrected chi connectivity index (χ4v) is 1.97. The van der Waals surface area contributed by atoms with Crippen LogP contribution in [-0.4, -0.2) is 41.5 Å². The van der Waals surface area contributed by atoms with Crippen molar-refractivity contribution in [2.45, 2.75) is 12.5 Å². The number of benzene rings is 1. The van der Waals surface area contributed by atoms with E-state index in [1.807, 2.05) is 0 Å². The Morgan fingerprint density at radius 1 is 1.42 bits per heavy atom. The lowest BCUT2D eigenvalue weighted by Gasteiger charge is -2.15. The van der Waals surface area contributed by atoms with Crippen molar-refractivity contribution in [3.8, 4) is 0 Å². The van der Waals surface area contributed by atoms with Gasteiger partial charge in [-0.25, -0.2) is 13.6 Å². The van der Waals surface area contributed by atoms with Gasteiger partial charge in [-0.05, 0) is 18.6 Å². The highest BCUT2D eigenvalue weighted by Crippen LogP contribution is 2.24. The maximum Gasteiger partial charge on any atom is 0.335 e. The van der Waals surface area contributed by atoms with E-state index in [4.69, 9.17) is 5.11 Å². The fraction of sp³-hybridized carbons (Fsp3) is 0.333. The molecular weight excluding hydrogens is 258 g/mol. The maximum absolute atomic E-state index is 13.7. The molecule has 7 heteroatoms. The van der Waals surface area contributed by atoms with E-state index in [1.54, 1.807) is 7.05 Å². The number of anilines is 1. The van der Waals surface area contributed by atoms with Crippen LogP contribution in [0.4, 0.5) is 14.5 Å². The lowest BCUT2D eigenvalue weighted by atomic mass is 10.1. The van der Waals surface area contributed by atoms with Gasteiger partial charge in [0.25, 0.3) is 0 Å². The molecule has 1 aromatic carbocycles. The second-order valence-corrected chi connectivity index (χ2v) is 4.37. The molecule has 0 aromatic heterocycles. The predicted octanol–water partition coefficient (Wildman–Crippen LogP) is 1.31. The Morgan fingerprint density at radius 3 is 2.42 bits per heavy atom. The molecule has 1 atom stereocenters. The number of rotatable bonds is 3. The van der Waals surface area contributed by atoms with Crippen LogP contribution in [0.3, 0.4) is 0 Å². The van der Waals surface area contributed by atoms with E-state index in [0.29, 0.717) is 13.0 Å². The van der Waals surface area contributed by atoms with Crippen molar-refractivity contribution in [3.05, 3.63) is 29.3 Å². The number of amides is 1. The van der Waals surface area contributed by atoms with Crippen LogP contribution in [0, 0.1) is 11.6 Å². The third kappa shape index (κ3) is 2.49. The third-order valence-electron chi connectivity index (χ3n) is 3.04. The Labute approximate surface area is 107 Å². The molecule has 0 bridgehead atoms. The maximum atomic E-state index is 13.7. The number of carbonyl (C=O) groups excluding carboxylic acids is 1. The normalized spacial score (nSPS) is 18.8. The molecular formula is C12H12F2N2O3. The molecule has 0 spiro atoms. The molecule has 102 valence electrons. The zero-order valence-corrected chi connectivity index (χ0v) is 10.1.